The molecule has 0 saturated heterocycles. The minimum atomic E-state index is -3.48. The third kappa shape index (κ3) is 6.16. The van der Waals surface area contributed by atoms with Crippen molar-refractivity contribution in [3.8, 4) is 0 Å². The average Bonchev–Trinajstić information content (AvgIpc) is 2.45. The number of rotatable bonds is 7. The van der Waals surface area contributed by atoms with E-state index < -0.39 is 10.0 Å². The zero-order valence-corrected chi connectivity index (χ0v) is 13.4. The van der Waals surface area contributed by atoms with Crippen LogP contribution in [-0.2, 0) is 22.3 Å². The normalized spacial score (nSPS) is 17.0. The van der Waals surface area contributed by atoms with Crippen LogP contribution in [0.25, 0.3) is 0 Å². The first-order valence-electron chi connectivity index (χ1n) is 7.82. The molecule has 0 amide bonds. The molecule has 1 aliphatic carbocycles. The molecule has 4 nitrogen and oxygen atoms in total. The van der Waals surface area contributed by atoms with Gasteiger partial charge in [0.15, 0.2) is 0 Å². The maximum absolute atomic E-state index is 11.2. The lowest BCUT2D eigenvalue weighted by molar-refractivity contribution is 0.334. The molecule has 0 radical (unpaired) electrons. The van der Waals surface area contributed by atoms with Gasteiger partial charge in [0.2, 0.25) is 10.0 Å². The van der Waals surface area contributed by atoms with E-state index in [2.05, 4.69) is 5.32 Å². The average molecular weight is 310 g/mol. The summed E-state index contributed by atoms with van der Waals surface area (Å²) in [6.07, 6.45) is 8.10. The molecule has 5 heteroatoms. The molecule has 1 fully saturated rings. The molecule has 0 heterocycles. The molecule has 0 atom stereocenters. The van der Waals surface area contributed by atoms with Gasteiger partial charge in [0.25, 0.3) is 0 Å². The standard InChI is InChI=1S/C16H26N2O2S/c17-21(19,20)13-16-9-5-4-8-15(16)12-18-11-10-14-6-2-1-3-7-14/h4-5,8-9,14,18H,1-3,6-7,10-13H2,(H2,17,19,20). The maximum atomic E-state index is 11.2. The molecule has 0 unspecified atom stereocenters. The van der Waals surface area contributed by atoms with E-state index in [1.54, 1.807) is 0 Å². The van der Waals surface area contributed by atoms with Crippen molar-refractivity contribution in [3.05, 3.63) is 35.4 Å². The van der Waals surface area contributed by atoms with E-state index in [-0.39, 0.29) is 5.75 Å². The zero-order valence-electron chi connectivity index (χ0n) is 12.6. The van der Waals surface area contributed by atoms with Crippen LogP contribution in [0.2, 0.25) is 0 Å². The first-order valence-corrected chi connectivity index (χ1v) is 9.54. The van der Waals surface area contributed by atoms with Crippen LogP contribution < -0.4 is 10.5 Å². The van der Waals surface area contributed by atoms with Crippen LogP contribution in [0.3, 0.4) is 0 Å². The molecule has 0 aromatic heterocycles. The number of benzene rings is 1. The molecule has 1 aliphatic rings. The molecule has 0 spiro atoms. The smallest absolute Gasteiger partial charge is 0.213 e. The molecule has 3 N–H and O–H groups in total. The van der Waals surface area contributed by atoms with Gasteiger partial charge < -0.3 is 5.32 Å². The van der Waals surface area contributed by atoms with Gasteiger partial charge in [-0.1, -0.05) is 56.4 Å². The Kier molecular flexibility index (Phi) is 6.21. The monoisotopic (exact) mass is 310 g/mol. The van der Waals surface area contributed by atoms with Crippen molar-refractivity contribution >= 4 is 10.0 Å². The van der Waals surface area contributed by atoms with E-state index >= 15 is 0 Å². The number of hydrogen-bond donors (Lipinski definition) is 2. The highest BCUT2D eigenvalue weighted by Crippen LogP contribution is 2.25. The van der Waals surface area contributed by atoms with Crippen LogP contribution in [0.4, 0.5) is 0 Å². The van der Waals surface area contributed by atoms with Gasteiger partial charge in [-0.3, -0.25) is 0 Å². The fraction of sp³-hybridized carbons (Fsp3) is 0.625. The molecule has 0 aliphatic heterocycles. The third-order valence-corrected chi connectivity index (χ3v) is 4.96. The van der Waals surface area contributed by atoms with Crippen molar-refractivity contribution in [1.29, 1.82) is 0 Å². The second kappa shape index (κ2) is 7.92. The van der Waals surface area contributed by atoms with Crippen LogP contribution in [-0.4, -0.2) is 15.0 Å². The van der Waals surface area contributed by atoms with E-state index in [9.17, 15) is 8.42 Å². The predicted octanol–water partition coefficient (Wildman–Crippen LogP) is 2.54. The SMILES string of the molecule is NS(=O)(=O)Cc1ccccc1CNCCC1CCCCC1. The summed E-state index contributed by atoms with van der Waals surface area (Å²) in [5.74, 6) is 0.777. The van der Waals surface area contributed by atoms with Crippen molar-refractivity contribution in [2.75, 3.05) is 6.54 Å². The number of nitrogens with one attached hydrogen (secondary N) is 1. The van der Waals surface area contributed by atoms with E-state index in [1.165, 1.54) is 38.5 Å². The van der Waals surface area contributed by atoms with Crippen molar-refractivity contribution in [3.63, 3.8) is 0 Å². The van der Waals surface area contributed by atoms with Crippen LogP contribution in [0.5, 0.6) is 0 Å². The zero-order chi connectivity index (χ0) is 15.1. The fourth-order valence-corrected chi connectivity index (χ4v) is 3.81. The number of nitrogens with two attached hydrogens (primary N) is 1. The summed E-state index contributed by atoms with van der Waals surface area (Å²) in [4.78, 5) is 0. The Morgan fingerprint density at radius 2 is 1.76 bits per heavy atom. The Labute approximate surface area is 128 Å². The number of primary sulfonamides is 1. The van der Waals surface area contributed by atoms with Crippen molar-refractivity contribution in [1.82, 2.24) is 5.32 Å². The Balaban J connectivity index is 1.79. The fourth-order valence-electron chi connectivity index (χ4n) is 3.09. The van der Waals surface area contributed by atoms with Gasteiger partial charge in [-0.15, -0.1) is 0 Å². The van der Waals surface area contributed by atoms with Gasteiger partial charge in [0.05, 0.1) is 5.75 Å². The van der Waals surface area contributed by atoms with Gasteiger partial charge in [0, 0.05) is 6.54 Å². The molecule has 1 aromatic rings. The lowest BCUT2D eigenvalue weighted by Gasteiger charge is -2.21. The molecule has 0 bridgehead atoms. The highest BCUT2D eigenvalue weighted by molar-refractivity contribution is 7.88. The Hall–Kier alpha value is -0.910. The Morgan fingerprint density at radius 1 is 1.10 bits per heavy atom. The maximum Gasteiger partial charge on any atom is 0.213 e. The summed E-state index contributed by atoms with van der Waals surface area (Å²) in [7, 11) is -3.48. The summed E-state index contributed by atoms with van der Waals surface area (Å²) >= 11 is 0. The lowest BCUT2D eigenvalue weighted by Crippen LogP contribution is -2.21. The van der Waals surface area contributed by atoms with Crippen LogP contribution in [0.1, 0.15) is 49.7 Å². The van der Waals surface area contributed by atoms with E-state index in [4.69, 9.17) is 5.14 Å². The van der Waals surface area contributed by atoms with Crippen molar-refractivity contribution < 1.29 is 8.42 Å². The van der Waals surface area contributed by atoms with Crippen LogP contribution in [0, 0.1) is 5.92 Å². The van der Waals surface area contributed by atoms with Gasteiger partial charge in [-0.05, 0) is 30.0 Å². The summed E-state index contributed by atoms with van der Waals surface area (Å²) in [6.45, 7) is 1.70. The van der Waals surface area contributed by atoms with Gasteiger partial charge in [-0.2, -0.15) is 0 Å². The summed E-state index contributed by atoms with van der Waals surface area (Å²) in [5.41, 5.74) is 1.82. The Bertz CT molecular complexity index is 537. The molecule has 21 heavy (non-hydrogen) atoms. The molecule has 1 saturated carbocycles. The number of hydrogen-bond acceptors (Lipinski definition) is 3. The van der Waals surface area contributed by atoms with Crippen LogP contribution >= 0.6 is 0 Å². The summed E-state index contributed by atoms with van der Waals surface area (Å²) < 4.78 is 22.5. The van der Waals surface area contributed by atoms with E-state index in [0.29, 0.717) is 6.54 Å². The number of sulfonamides is 1. The lowest BCUT2D eigenvalue weighted by atomic mass is 9.87. The van der Waals surface area contributed by atoms with Gasteiger partial charge in [0.1, 0.15) is 0 Å². The quantitative estimate of drug-likeness (QED) is 0.760. The van der Waals surface area contributed by atoms with Gasteiger partial charge >= 0.3 is 0 Å². The predicted molar refractivity (Wildman–Crippen MR) is 86.2 cm³/mol. The first-order chi connectivity index (χ1) is 10.0. The molecular formula is C16H26N2O2S. The molecule has 1 aromatic carbocycles. The summed E-state index contributed by atoms with van der Waals surface area (Å²) in [5, 5.41) is 8.58. The highest BCUT2D eigenvalue weighted by Gasteiger charge is 2.13. The van der Waals surface area contributed by atoms with Crippen molar-refractivity contribution in [2.24, 2.45) is 11.1 Å². The highest BCUT2D eigenvalue weighted by atomic mass is 32.2. The minimum absolute atomic E-state index is 0.0898. The first kappa shape index (κ1) is 16.5. The molecule has 2 rings (SSSR count). The van der Waals surface area contributed by atoms with E-state index in [1.807, 2.05) is 24.3 Å². The Morgan fingerprint density at radius 3 is 2.43 bits per heavy atom. The molecular weight excluding hydrogens is 284 g/mol. The topological polar surface area (TPSA) is 72.2 Å². The van der Waals surface area contributed by atoms with Crippen LogP contribution in [0.15, 0.2) is 24.3 Å². The second-order valence-corrected chi connectivity index (χ2v) is 7.66. The molecule has 118 valence electrons. The third-order valence-electron chi connectivity index (χ3n) is 4.24. The second-order valence-electron chi connectivity index (χ2n) is 6.05. The van der Waals surface area contributed by atoms with Gasteiger partial charge in [-0.25, -0.2) is 13.6 Å². The van der Waals surface area contributed by atoms with Crippen molar-refractivity contribution in [2.45, 2.75) is 50.8 Å². The largest absolute Gasteiger partial charge is 0.313 e. The summed E-state index contributed by atoms with van der Waals surface area (Å²) in [6, 6.07) is 7.59. The van der Waals surface area contributed by atoms with E-state index in [0.717, 1.165) is 23.6 Å². The minimum Gasteiger partial charge on any atom is -0.313 e.